The predicted molar refractivity (Wildman–Crippen MR) is 41.5 cm³/mol. The van der Waals surface area contributed by atoms with Gasteiger partial charge < -0.3 is 9.84 Å². The number of rotatable bonds is 2. The third-order valence-electron chi connectivity index (χ3n) is 1.22. The second-order valence-corrected chi connectivity index (χ2v) is 3.11. The van der Waals surface area contributed by atoms with Crippen LogP contribution < -0.4 is 4.74 Å². The number of aliphatic hydroxyl groups is 1. The summed E-state index contributed by atoms with van der Waals surface area (Å²) in [4.78, 5) is 0.942. The summed E-state index contributed by atoms with van der Waals surface area (Å²) in [7, 11) is 1.62. The molecule has 1 heterocycles. The Morgan fingerprint density at radius 3 is 2.60 bits per heavy atom. The summed E-state index contributed by atoms with van der Waals surface area (Å²) in [5.74, 6) is 0. The maximum absolute atomic E-state index is 9.09. The van der Waals surface area contributed by atoms with Crippen molar-refractivity contribution < 1.29 is 9.84 Å². The van der Waals surface area contributed by atoms with Crippen LogP contribution in [0.2, 0.25) is 0 Å². The minimum Gasteiger partial charge on any atom is -0.487 e. The summed E-state index contributed by atoms with van der Waals surface area (Å²) in [6.45, 7) is 1.74. The third kappa shape index (κ3) is 1.49. The molecule has 0 spiro atoms. The van der Waals surface area contributed by atoms with Crippen LogP contribution in [0.5, 0.6) is 5.06 Å². The highest BCUT2D eigenvalue weighted by atomic mass is 32.1. The quantitative estimate of drug-likeness (QED) is 0.711. The number of ether oxygens (including phenoxy) is 1. The molecule has 0 saturated carbocycles. The Bertz CT molecular complexity index is 205. The van der Waals surface area contributed by atoms with E-state index in [1.807, 2.05) is 12.1 Å². The van der Waals surface area contributed by atoms with Gasteiger partial charge in [0.2, 0.25) is 0 Å². The van der Waals surface area contributed by atoms with Gasteiger partial charge in [0.25, 0.3) is 0 Å². The van der Waals surface area contributed by atoms with Crippen LogP contribution in [0.3, 0.4) is 0 Å². The van der Waals surface area contributed by atoms with E-state index in [-0.39, 0.29) is 6.10 Å². The van der Waals surface area contributed by atoms with E-state index < -0.39 is 0 Å². The first-order chi connectivity index (χ1) is 4.74. The lowest BCUT2D eigenvalue weighted by Gasteiger charge is -1.96. The van der Waals surface area contributed by atoms with Gasteiger partial charge in [-0.25, -0.2) is 0 Å². The molecule has 10 heavy (non-hydrogen) atoms. The Kier molecular flexibility index (Phi) is 2.29. The Labute approximate surface area is 64.1 Å². The van der Waals surface area contributed by atoms with Gasteiger partial charge in [-0.1, -0.05) is 0 Å². The first kappa shape index (κ1) is 7.57. The van der Waals surface area contributed by atoms with Crippen molar-refractivity contribution in [3.05, 3.63) is 17.0 Å². The molecule has 2 nitrogen and oxygen atoms in total. The molecule has 0 amide bonds. The van der Waals surface area contributed by atoms with Gasteiger partial charge in [-0.2, -0.15) is 0 Å². The Morgan fingerprint density at radius 2 is 2.30 bits per heavy atom. The van der Waals surface area contributed by atoms with Crippen LogP contribution >= 0.6 is 11.3 Å². The molecule has 0 unspecified atom stereocenters. The molecule has 0 aliphatic heterocycles. The van der Waals surface area contributed by atoms with Crippen LogP contribution in [0, 0.1) is 0 Å². The van der Waals surface area contributed by atoms with Crippen LogP contribution in [0.25, 0.3) is 0 Å². The lowest BCUT2D eigenvalue weighted by Crippen LogP contribution is -1.83. The lowest BCUT2D eigenvalue weighted by molar-refractivity contribution is 0.203. The summed E-state index contributed by atoms with van der Waals surface area (Å²) in [6.07, 6.45) is -0.381. The zero-order valence-electron chi connectivity index (χ0n) is 6.00. The van der Waals surface area contributed by atoms with Crippen LogP contribution in [-0.4, -0.2) is 12.2 Å². The van der Waals surface area contributed by atoms with E-state index in [2.05, 4.69) is 0 Å². The van der Waals surface area contributed by atoms with E-state index >= 15 is 0 Å². The van der Waals surface area contributed by atoms with E-state index in [0.29, 0.717) is 0 Å². The van der Waals surface area contributed by atoms with Crippen molar-refractivity contribution in [3.8, 4) is 5.06 Å². The number of hydrogen-bond acceptors (Lipinski definition) is 3. The largest absolute Gasteiger partial charge is 0.487 e. The molecule has 0 aliphatic carbocycles. The minimum atomic E-state index is -0.381. The van der Waals surface area contributed by atoms with Gasteiger partial charge in [-0.3, -0.25) is 0 Å². The molecule has 0 bridgehead atoms. The molecule has 1 atom stereocenters. The Hall–Kier alpha value is -0.540. The van der Waals surface area contributed by atoms with E-state index in [1.165, 1.54) is 11.3 Å². The molecule has 1 N–H and O–H groups in total. The van der Waals surface area contributed by atoms with E-state index in [1.54, 1.807) is 14.0 Å². The van der Waals surface area contributed by atoms with Gasteiger partial charge >= 0.3 is 0 Å². The summed E-state index contributed by atoms with van der Waals surface area (Å²) < 4.78 is 4.95. The normalized spacial score (nSPS) is 13.1. The zero-order chi connectivity index (χ0) is 7.56. The van der Waals surface area contributed by atoms with Crippen molar-refractivity contribution in [2.75, 3.05) is 7.11 Å². The van der Waals surface area contributed by atoms with E-state index in [9.17, 15) is 0 Å². The molecule has 1 rings (SSSR count). The monoisotopic (exact) mass is 158 g/mol. The molecule has 1 aromatic rings. The van der Waals surface area contributed by atoms with Crippen molar-refractivity contribution >= 4 is 11.3 Å². The molecule has 0 aromatic carbocycles. The molecule has 56 valence electrons. The van der Waals surface area contributed by atoms with Crippen molar-refractivity contribution in [1.82, 2.24) is 0 Å². The van der Waals surface area contributed by atoms with Gasteiger partial charge in [-0.15, -0.1) is 11.3 Å². The van der Waals surface area contributed by atoms with Crippen LogP contribution in [-0.2, 0) is 0 Å². The SMILES string of the molecule is COc1ccc([C@H](C)O)s1. The summed E-state index contributed by atoms with van der Waals surface area (Å²) in [5, 5.41) is 9.93. The second-order valence-electron chi connectivity index (χ2n) is 2.04. The fourth-order valence-electron chi connectivity index (χ4n) is 0.669. The van der Waals surface area contributed by atoms with Crippen molar-refractivity contribution in [3.63, 3.8) is 0 Å². The standard InChI is InChI=1S/C7H10O2S/c1-5(8)6-3-4-7(9-2)10-6/h3-5,8H,1-2H3/t5-/m0/s1. The summed E-state index contributed by atoms with van der Waals surface area (Å²) in [6, 6.07) is 3.72. The highest BCUT2D eigenvalue weighted by molar-refractivity contribution is 7.13. The predicted octanol–water partition coefficient (Wildman–Crippen LogP) is 1.81. The number of aliphatic hydroxyl groups excluding tert-OH is 1. The summed E-state index contributed by atoms with van der Waals surface area (Å²) in [5.41, 5.74) is 0. The van der Waals surface area contributed by atoms with Crippen molar-refractivity contribution in [1.29, 1.82) is 0 Å². The minimum absolute atomic E-state index is 0.381. The van der Waals surface area contributed by atoms with E-state index in [0.717, 1.165) is 9.94 Å². The highest BCUT2D eigenvalue weighted by Gasteiger charge is 2.03. The molecular weight excluding hydrogens is 148 g/mol. The van der Waals surface area contributed by atoms with E-state index in [4.69, 9.17) is 9.84 Å². The van der Waals surface area contributed by atoms with Crippen molar-refractivity contribution in [2.45, 2.75) is 13.0 Å². The highest BCUT2D eigenvalue weighted by Crippen LogP contribution is 2.28. The average Bonchev–Trinajstić information content (AvgIpc) is 2.34. The lowest BCUT2D eigenvalue weighted by atomic mass is 10.3. The molecule has 3 heteroatoms. The average molecular weight is 158 g/mol. The third-order valence-corrected chi connectivity index (χ3v) is 2.43. The first-order valence-electron chi connectivity index (χ1n) is 3.06. The smallest absolute Gasteiger partial charge is 0.173 e. The Balaban J connectivity index is 2.78. The molecule has 0 saturated heterocycles. The first-order valence-corrected chi connectivity index (χ1v) is 3.87. The van der Waals surface area contributed by atoms with Gasteiger partial charge in [-0.05, 0) is 19.1 Å². The molecule has 1 aromatic heterocycles. The fraction of sp³-hybridized carbons (Fsp3) is 0.429. The van der Waals surface area contributed by atoms with Crippen LogP contribution in [0.15, 0.2) is 12.1 Å². The molecular formula is C7H10O2S. The fourth-order valence-corrected chi connectivity index (χ4v) is 1.43. The van der Waals surface area contributed by atoms with Crippen LogP contribution in [0.1, 0.15) is 17.9 Å². The van der Waals surface area contributed by atoms with Crippen molar-refractivity contribution in [2.24, 2.45) is 0 Å². The molecule has 0 fully saturated rings. The summed E-state index contributed by atoms with van der Waals surface area (Å²) >= 11 is 1.47. The number of methoxy groups -OCH3 is 1. The van der Waals surface area contributed by atoms with Gasteiger partial charge in [0, 0.05) is 4.88 Å². The number of thiophene rings is 1. The van der Waals surface area contributed by atoms with Gasteiger partial charge in [0.15, 0.2) is 5.06 Å². The second kappa shape index (κ2) is 3.03. The zero-order valence-corrected chi connectivity index (χ0v) is 6.81. The Morgan fingerprint density at radius 1 is 1.60 bits per heavy atom. The molecule has 0 radical (unpaired) electrons. The topological polar surface area (TPSA) is 29.5 Å². The van der Waals surface area contributed by atoms with Gasteiger partial charge in [0.1, 0.15) is 0 Å². The maximum atomic E-state index is 9.09. The number of hydrogen-bond donors (Lipinski definition) is 1. The molecule has 0 aliphatic rings. The van der Waals surface area contributed by atoms with Gasteiger partial charge in [0.05, 0.1) is 13.2 Å². The van der Waals surface area contributed by atoms with Crippen LogP contribution in [0.4, 0.5) is 0 Å². The maximum Gasteiger partial charge on any atom is 0.173 e.